The first kappa shape index (κ1) is 14.8. The SMILES string of the molecule is FCCOc1ccc(-c2ccc(OC3CCOC3)cc2)nc1. The van der Waals surface area contributed by atoms with E-state index in [1.54, 1.807) is 12.3 Å². The minimum Gasteiger partial charge on any atom is -0.489 e. The fraction of sp³-hybridized carbons (Fsp3) is 0.353. The summed E-state index contributed by atoms with van der Waals surface area (Å²) in [5.41, 5.74) is 1.83. The average Bonchev–Trinajstić information content (AvgIpc) is 3.07. The van der Waals surface area contributed by atoms with Crippen LogP contribution in [0, 0.1) is 0 Å². The van der Waals surface area contributed by atoms with Crippen molar-refractivity contribution in [1.82, 2.24) is 4.98 Å². The zero-order valence-corrected chi connectivity index (χ0v) is 12.2. The molecular weight excluding hydrogens is 285 g/mol. The van der Waals surface area contributed by atoms with Gasteiger partial charge in [0.15, 0.2) is 0 Å². The summed E-state index contributed by atoms with van der Waals surface area (Å²) in [4.78, 5) is 4.33. The van der Waals surface area contributed by atoms with Crippen molar-refractivity contribution in [3.8, 4) is 22.8 Å². The predicted octanol–water partition coefficient (Wildman–Crippen LogP) is 3.26. The molecule has 22 heavy (non-hydrogen) atoms. The van der Waals surface area contributed by atoms with Crippen molar-refractivity contribution in [3.05, 3.63) is 42.6 Å². The minimum absolute atomic E-state index is 0.0535. The number of hydrogen-bond acceptors (Lipinski definition) is 4. The van der Waals surface area contributed by atoms with Crippen LogP contribution in [0.4, 0.5) is 4.39 Å². The van der Waals surface area contributed by atoms with Gasteiger partial charge in [-0.25, -0.2) is 4.39 Å². The normalized spacial score (nSPS) is 17.4. The second kappa shape index (κ2) is 7.22. The zero-order valence-electron chi connectivity index (χ0n) is 12.2. The van der Waals surface area contributed by atoms with E-state index in [0.29, 0.717) is 12.4 Å². The second-order valence-electron chi connectivity index (χ2n) is 5.04. The van der Waals surface area contributed by atoms with E-state index in [1.807, 2.05) is 30.3 Å². The highest BCUT2D eigenvalue weighted by molar-refractivity contribution is 5.60. The van der Waals surface area contributed by atoms with Gasteiger partial charge in [0.25, 0.3) is 0 Å². The van der Waals surface area contributed by atoms with E-state index in [2.05, 4.69) is 4.98 Å². The molecule has 1 aliphatic rings. The molecule has 1 fully saturated rings. The van der Waals surface area contributed by atoms with Crippen molar-refractivity contribution in [2.24, 2.45) is 0 Å². The van der Waals surface area contributed by atoms with Gasteiger partial charge in [-0.2, -0.15) is 0 Å². The summed E-state index contributed by atoms with van der Waals surface area (Å²) < 4.78 is 28.3. The molecule has 116 valence electrons. The summed E-state index contributed by atoms with van der Waals surface area (Å²) >= 11 is 0. The number of halogens is 1. The van der Waals surface area contributed by atoms with Crippen molar-refractivity contribution >= 4 is 0 Å². The van der Waals surface area contributed by atoms with Crippen molar-refractivity contribution in [1.29, 1.82) is 0 Å². The van der Waals surface area contributed by atoms with Crippen LogP contribution in [-0.4, -0.2) is 37.6 Å². The third-order valence-electron chi connectivity index (χ3n) is 3.42. The maximum Gasteiger partial charge on any atom is 0.137 e. The van der Waals surface area contributed by atoms with Crippen molar-refractivity contribution in [3.63, 3.8) is 0 Å². The maximum atomic E-state index is 12.0. The highest BCUT2D eigenvalue weighted by atomic mass is 19.1. The van der Waals surface area contributed by atoms with Gasteiger partial charge in [-0.1, -0.05) is 0 Å². The number of ether oxygens (including phenoxy) is 3. The Morgan fingerprint density at radius 2 is 1.95 bits per heavy atom. The number of pyridine rings is 1. The fourth-order valence-electron chi connectivity index (χ4n) is 2.30. The average molecular weight is 303 g/mol. The van der Waals surface area contributed by atoms with Crippen LogP contribution >= 0.6 is 0 Å². The molecule has 0 N–H and O–H groups in total. The van der Waals surface area contributed by atoms with Crippen LogP contribution in [0.1, 0.15) is 6.42 Å². The van der Waals surface area contributed by atoms with Crippen LogP contribution in [0.25, 0.3) is 11.3 Å². The Hall–Kier alpha value is -2.14. The molecule has 0 spiro atoms. The van der Waals surface area contributed by atoms with Gasteiger partial charge < -0.3 is 14.2 Å². The first-order chi connectivity index (χ1) is 10.8. The fourth-order valence-corrected chi connectivity index (χ4v) is 2.30. The molecule has 2 heterocycles. The van der Waals surface area contributed by atoms with E-state index in [1.165, 1.54) is 0 Å². The van der Waals surface area contributed by atoms with Gasteiger partial charge in [0, 0.05) is 12.0 Å². The Bertz CT molecular complexity index is 580. The Morgan fingerprint density at radius 1 is 1.14 bits per heavy atom. The van der Waals surface area contributed by atoms with Crippen molar-refractivity contribution in [2.45, 2.75) is 12.5 Å². The number of rotatable bonds is 6. The number of hydrogen-bond donors (Lipinski definition) is 0. The number of nitrogens with zero attached hydrogens (tertiary/aromatic N) is 1. The molecule has 0 aliphatic carbocycles. The Labute approximate surface area is 128 Å². The van der Waals surface area contributed by atoms with Crippen LogP contribution < -0.4 is 9.47 Å². The summed E-state index contributed by atoms with van der Waals surface area (Å²) in [6.07, 6.45) is 2.69. The van der Waals surface area contributed by atoms with Gasteiger partial charge in [-0.15, -0.1) is 0 Å². The van der Waals surface area contributed by atoms with Gasteiger partial charge in [0.1, 0.15) is 30.9 Å². The summed E-state index contributed by atoms with van der Waals surface area (Å²) in [5.74, 6) is 1.41. The molecule has 1 aliphatic heterocycles. The number of benzene rings is 1. The van der Waals surface area contributed by atoms with Crippen LogP contribution in [0.5, 0.6) is 11.5 Å². The topological polar surface area (TPSA) is 40.6 Å². The molecule has 4 nitrogen and oxygen atoms in total. The Kier molecular flexibility index (Phi) is 4.85. The van der Waals surface area contributed by atoms with E-state index >= 15 is 0 Å². The molecule has 5 heteroatoms. The molecule has 1 aromatic heterocycles. The van der Waals surface area contributed by atoms with Crippen LogP contribution in [0.2, 0.25) is 0 Å². The molecule has 0 saturated carbocycles. The predicted molar refractivity (Wildman–Crippen MR) is 81.0 cm³/mol. The van der Waals surface area contributed by atoms with Crippen molar-refractivity contribution in [2.75, 3.05) is 26.5 Å². The lowest BCUT2D eigenvalue weighted by atomic mass is 10.1. The first-order valence-corrected chi connectivity index (χ1v) is 7.35. The molecule has 0 amide bonds. The second-order valence-corrected chi connectivity index (χ2v) is 5.04. The molecule has 1 aromatic carbocycles. The minimum atomic E-state index is -0.505. The zero-order chi connectivity index (χ0) is 15.2. The molecule has 0 radical (unpaired) electrons. The lowest BCUT2D eigenvalue weighted by molar-refractivity contribution is 0.141. The van der Waals surface area contributed by atoms with Gasteiger partial charge in [-0.05, 0) is 36.4 Å². The molecule has 3 rings (SSSR count). The van der Waals surface area contributed by atoms with E-state index in [9.17, 15) is 4.39 Å². The third kappa shape index (κ3) is 3.74. The van der Waals surface area contributed by atoms with Crippen molar-refractivity contribution < 1.29 is 18.6 Å². The van der Waals surface area contributed by atoms with E-state index in [4.69, 9.17) is 14.2 Å². The lowest BCUT2D eigenvalue weighted by Crippen LogP contribution is -2.15. The van der Waals surface area contributed by atoms with E-state index < -0.39 is 6.67 Å². The molecule has 2 aromatic rings. The van der Waals surface area contributed by atoms with Gasteiger partial charge in [0.05, 0.1) is 25.1 Å². The summed E-state index contributed by atoms with van der Waals surface area (Å²) in [6.45, 7) is 0.973. The molecular formula is C17H18FNO3. The summed E-state index contributed by atoms with van der Waals surface area (Å²) in [7, 11) is 0. The number of alkyl halides is 1. The molecule has 1 unspecified atom stereocenters. The van der Waals surface area contributed by atoms with Gasteiger partial charge >= 0.3 is 0 Å². The first-order valence-electron chi connectivity index (χ1n) is 7.35. The maximum absolute atomic E-state index is 12.0. The number of aromatic nitrogens is 1. The summed E-state index contributed by atoms with van der Waals surface area (Å²) in [5, 5.41) is 0. The summed E-state index contributed by atoms with van der Waals surface area (Å²) in [6, 6.07) is 11.4. The highest BCUT2D eigenvalue weighted by Crippen LogP contribution is 2.23. The largest absolute Gasteiger partial charge is 0.489 e. The third-order valence-corrected chi connectivity index (χ3v) is 3.42. The van der Waals surface area contributed by atoms with Gasteiger partial charge in [0.2, 0.25) is 0 Å². The molecule has 0 bridgehead atoms. The quantitative estimate of drug-likeness (QED) is 0.821. The monoisotopic (exact) mass is 303 g/mol. The van der Waals surface area contributed by atoms with Gasteiger partial charge in [-0.3, -0.25) is 4.98 Å². The van der Waals surface area contributed by atoms with Crippen LogP contribution in [0.3, 0.4) is 0 Å². The smallest absolute Gasteiger partial charge is 0.137 e. The van der Waals surface area contributed by atoms with Crippen LogP contribution in [-0.2, 0) is 4.74 Å². The Morgan fingerprint density at radius 3 is 2.59 bits per heavy atom. The highest BCUT2D eigenvalue weighted by Gasteiger charge is 2.16. The lowest BCUT2D eigenvalue weighted by Gasteiger charge is -2.12. The molecule has 1 saturated heterocycles. The van der Waals surface area contributed by atoms with Crippen LogP contribution in [0.15, 0.2) is 42.6 Å². The Balaban J connectivity index is 1.64. The van der Waals surface area contributed by atoms with E-state index in [0.717, 1.165) is 30.0 Å². The van der Waals surface area contributed by atoms with E-state index in [-0.39, 0.29) is 12.7 Å². The molecule has 1 atom stereocenters. The standard InChI is InChI=1S/C17H18FNO3/c18-8-10-21-15-5-6-17(19-11-15)13-1-3-14(4-2-13)22-16-7-9-20-12-16/h1-6,11,16H,7-10,12H2.